The summed E-state index contributed by atoms with van der Waals surface area (Å²) >= 11 is 5.87. The maximum atomic E-state index is 11.8. The first kappa shape index (κ1) is 14.2. The zero-order valence-electron chi connectivity index (χ0n) is 11.2. The molecule has 0 spiro atoms. The maximum Gasteiger partial charge on any atom is 0.228 e. The van der Waals surface area contributed by atoms with Crippen LogP contribution in [0.15, 0.2) is 30.5 Å². The fourth-order valence-corrected chi connectivity index (χ4v) is 2.12. The molecule has 2 rings (SSSR count). The van der Waals surface area contributed by atoms with Gasteiger partial charge in [-0.05, 0) is 19.1 Å². The van der Waals surface area contributed by atoms with Crippen molar-refractivity contribution in [3.05, 3.63) is 41.0 Å². The third kappa shape index (κ3) is 2.54. The normalized spacial score (nSPS) is 10.1. The van der Waals surface area contributed by atoms with Crippen LogP contribution in [0.4, 0.5) is 0 Å². The first-order valence-corrected chi connectivity index (χ1v) is 6.51. The third-order valence-electron chi connectivity index (χ3n) is 2.84. The summed E-state index contributed by atoms with van der Waals surface area (Å²) in [4.78, 5) is 11.8. The van der Waals surface area contributed by atoms with Gasteiger partial charge in [0.2, 0.25) is 5.91 Å². The van der Waals surface area contributed by atoms with Crippen molar-refractivity contribution < 1.29 is 9.53 Å². The van der Waals surface area contributed by atoms with Gasteiger partial charge in [-0.25, -0.2) is 0 Å². The quantitative estimate of drug-likeness (QED) is 0.864. The minimum atomic E-state index is -0.183. The van der Waals surface area contributed by atoms with E-state index in [4.69, 9.17) is 16.3 Å². The second kappa shape index (κ2) is 5.81. The zero-order chi connectivity index (χ0) is 14.7. The van der Waals surface area contributed by atoms with Crippen molar-refractivity contribution in [3.8, 4) is 23.1 Å². The minimum Gasteiger partial charge on any atom is -0.491 e. The van der Waals surface area contributed by atoms with Gasteiger partial charge in [-0.15, -0.1) is 0 Å². The standard InChI is InChI=1S/C15H13ClN2O2/c1-3-20-14-9-18(10(2)19)15(13(14)8-17)11-4-6-12(16)7-5-11/h4-7,9H,3H2,1-2H3. The molecule has 0 bridgehead atoms. The highest BCUT2D eigenvalue weighted by Gasteiger charge is 2.20. The molecule has 5 heteroatoms. The van der Waals surface area contributed by atoms with Crippen LogP contribution in [0, 0.1) is 11.3 Å². The first-order valence-electron chi connectivity index (χ1n) is 6.13. The van der Waals surface area contributed by atoms with Crippen LogP contribution in [-0.4, -0.2) is 17.1 Å². The Morgan fingerprint density at radius 1 is 1.40 bits per heavy atom. The number of carbonyl (C=O) groups excluding carboxylic acids is 1. The molecule has 0 unspecified atom stereocenters. The predicted octanol–water partition coefficient (Wildman–Crippen LogP) is 3.74. The van der Waals surface area contributed by atoms with Gasteiger partial charge in [-0.2, -0.15) is 5.26 Å². The second-order valence-corrected chi connectivity index (χ2v) is 4.59. The number of benzene rings is 1. The van der Waals surface area contributed by atoms with Crippen molar-refractivity contribution in [3.63, 3.8) is 0 Å². The van der Waals surface area contributed by atoms with Gasteiger partial charge in [0, 0.05) is 17.5 Å². The Hall–Kier alpha value is -2.25. The summed E-state index contributed by atoms with van der Waals surface area (Å²) in [7, 11) is 0. The van der Waals surface area contributed by atoms with Crippen LogP contribution in [0.25, 0.3) is 11.3 Å². The first-order chi connectivity index (χ1) is 9.58. The van der Waals surface area contributed by atoms with Gasteiger partial charge < -0.3 is 4.74 Å². The second-order valence-electron chi connectivity index (χ2n) is 4.16. The number of carbonyl (C=O) groups is 1. The topological polar surface area (TPSA) is 55.0 Å². The molecule has 0 atom stereocenters. The van der Waals surface area contributed by atoms with E-state index < -0.39 is 0 Å². The van der Waals surface area contributed by atoms with Crippen molar-refractivity contribution in [2.45, 2.75) is 13.8 Å². The van der Waals surface area contributed by atoms with Crippen molar-refractivity contribution >= 4 is 17.5 Å². The molecule has 0 amide bonds. The van der Waals surface area contributed by atoms with Crippen LogP contribution in [0.3, 0.4) is 0 Å². The lowest BCUT2D eigenvalue weighted by atomic mass is 10.1. The fraction of sp³-hybridized carbons (Fsp3) is 0.200. The number of nitrogens with zero attached hydrogens (tertiary/aromatic N) is 2. The Morgan fingerprint density at radius 3 is 2.55 bits per heavy atom. The van der Waals surface area contributed by atoms with Gasteiger partial charge in [0.15, 0.2) is 5.75 Å². The smallest absolute Gasteiger partial charge is 0.228 e. The van der Waals surface area contributed by atoms with Gasteiger partial charge in [0.25, 0.3) is 0 Å². The van der Waals surface area contributed by atoms with Crippen LogP contribution in [0.5, 0.6) is 5.75 Å². The summed E-state index contributed by atoms with van der Waals surface area (Å²) in [6.07, 6.45) is 1.55. The van der Waals surface area contributed by atoms with Gasteiger partial charge in [0.1, 0.15) is 11.6 Å². The molecule has 4 nitrogen and oxygen atoms in total. The monoisotopic (exact) mass is 288 g/mol. The van der Waals surface area contributed by atoms with E-state index in [1.54, 1.807) is 30.5 Å². The van der Waals surface area contributed by atoms with Gasteiger partial charge >= 0.3 is 0 Å². The molecule has 20 heavy (non-hydrogen) atoms. The number of halogens is 1. The maximum absolute atomic E-state index is 11.8. The summed E-state index contributed by atoms with van der Waals surface area (Å²) < 4.78 is 6.85. The molecular formula is C15H13ClN2O2. The van der Waals surface area contributed by atoms with E-state index in [0.717, 1.165) is 5.56 Å². The molecule has 0 fully saturated rings. The molecule has 1 aromatic heterocycles. The molecule has 0 radical (unpaired) electrons. The number of nitriles is 1. The van der Waals surface area contributed by atoms with Crippen molar-refractivity contribution in [1.29, 1.82) is 5.26 Å². The Morgan fingerprint density at radius 2 is 2.05 bits per heavy atom. The fourth-order valence-electron chi connectivity index (χ4n) is 2.00. The van der Waals surface area contributed by atoms with Gasteiger partial charge in [0.05, 0.1) is 18.5 Å². The van der Waals surface area contributed by atoms with E-state index in [0.29, 0.717) is 28.6 Å². The lowest BCUT2D eigenvalue weighted by Gasteiger charge is -2.06. The average molecular weight is 289 g/mol. The molecule has 0 saturated carbocycles. The molecule has 0 N–H and O–H groups in total. The highest BCUT2D eigenvalue weighted by molar-refractivity contribution is 6.30. The highest BCUT2D eigenvalue weighted by Crippen LogP contribution is 2.33. The number of rotatable bonds is 3. The summed E-state index contributed by atoms with van der Waals surface area (Å²) in [5.41, 5.74) is 1.62. The van der Waals surface area contributed by atoms with E-state index in [9.17, 15) is 10.1 Å². The summed E-state index contributed by atoms with van der Waals surface area (Å²) in [6, 6.07) is 9.09. The van der Waals surface area contributed by atoms with Crippen molar-refractivity contribution in [1.82, 2.24) is 4.57 Å². The number of aromatic nitrogens is 1. The van der Waals surface area contributed by atoms with Crippen LogP contribution < -0.4 is 4.74 Å². The minimum absolute atomic E-state index is 0.183. The highest BCUT2D eigenvalue weighted by atomic mass is 35.5. The summed E-state index contributed by atoms with van der Waals surface area (Å²) in [5, 5.41) is 9.95. The SMILES string of the molecule is CCOc1cn(C(C)=O)c(-c2ccc(Cl)cc2)c1C#N. The Bertz CT molecular complexity index is 681. The van der Waals surface area contributed by atoms with E-state index in [1.807, 2.05) is 6.92 Å². The van der Waals surface area contributed by atoms with E-state index in [1.165, 1.54) is 11.5 Å². The van der Waals surface area contributed by atoms with Crippen molar-refractivity contribution in [2.75, 3.05) is 6.61 Å². The molecule has 2 aromatic rings. The summed E-state index contributed by atoms with van der Waals surface area (Å²) in [6.45, 7) is 3.70. The average Bonchev–Trinajstić information content (AvgIpc) is 2.79. The summed E-state index contributed by atoms with van der Waals surface area (Å²) in [5.74, 6) is 0.229. The molecule has 0 aliphatic rings. The van der Waals surface area contributed by atoms with Crippen molar-refractivity contribution in [2.24, 2.45) is 0 Å². The van der Waals surface area contributed by atoms with E-state index in [-0.39, 0.29) is 5.91 Å². The van der Waals surface area contributed by atoms with Crippen LogP contribution >= 0.6 is 11.6 Å². The molecule has 0 aliphatic carbocycles. The van der Waals surface area contributed by atoms with Crippen LogP contribution in [0.1, 0.15) is 24.2 Å². The Balaban J connectivity index is 2.69. The molecule has 0 saturated heterocycles. The van der Waals surface area contributed by atoms with Crippen LogP contribution in [0.2, 0.25) is 5.02 Å². The lowest BCUT2D eigenvalue weighted by molar-refractivity contribution is 0.0938. The largest absolute Gasteiger partial charge is 0.491 e. The lowest BCUT2D eigenvalue weighted by Crippen LogP contribution is -2.06. The molecule has 102 valence electrons. The molecular weight excluding hydrogens is 276 g/mol. The number of hydrogen-bond donors (Lipinski definition) is 0. The number of hydrogen-bond acceptors (Lipinski definition) is 3. The Labute approximate surface area is 122 Å². The number of ether oxygens (including phenoxy) is 1. The molecule has 0 aliphatic heterocycles. The third-order valence-corrected chi connectivity index (χ3v) is 3.09. The Kier molecular flexibility index (Phi) is 4.11. The predicted molar refractivity (Wildman–Crippen MR) is 77.1 cm³/mol. The van der Waals surface area contributed by atoms with Crippen LogP contribution in [-0.2, 0) is 0 Å². The van der Waals surface area contributed by atoms with Gasteiger partial charge in [-0.3, -0.25) is 9.36 Å². The molecule has 1 aromatic carbocycles. The zero-order valence-corrected chi connectivity index (χ0v) is 11.9. The molecule has 1 heterocycles. The van der Waals surface area contributed by atoms with E-state index >= 15 is 0 Å². The van der Waals surface area contributed by atoms with E-state index in [2.05, 4.69) is 6.07 Å². The van der Waals surface area contributed by atoms with Gasteiger partial charge in [-0.1, -0.05) is 23.7 Å².